The molecule has 0 aliphatic heterocycles. The lowest BCUT2D eigenvalue weighted by molar-refractivity contribution is 0.719. The predicted octanol–water partition coefficient (Wildman–Crippen LogP) is 2.62. The third-order valence-corrected chi connectivity index (χ3v) is 3.63. The summed E-state index contributed by atoms with van der Waals surface area (Å²) in [6.45, 7) is 5.00. The summed E-state index contributed by atoms with van der Waals surface area (Å²) in [5.41, 5.74) is 1.28. The maximum atomic E-state index is 4.64. The third-order valence-electron chi connectivity index (χ3n) is 3.63. The van der Waals surface area contributed by atoms with Crippen LogP contribution in [0.3, 0.4) is 0 Å². The molecular formula is C17H28N4. The fourth-order valence-corrected chi connectivity index (χ4v) is 2.20. The van der Waals surface area contributed by atoms with Gasteiger partial charge in [-0.05, 0) is 44.7 Å². The number of nitrogens with one attached hydrogen (secondary N) is 2. The van der Waals surface area contributed by atoms with Crippen LogP contribution in [0.1, 0.15) is 32.6 Å². The molecule has 0 unspecified atom stereocenters. The van der Waals surface area contributed by atoms with Crippen LogP contribution in [0.25, 0.3) is 0 Å². The van der Waals surface area contributed by atoms with Crippen molar-refractivity contribution < 1.29 is 0 Å². The second-order valence-electron chi connectivity index (χ2n) is 5.64. The predicted molar refractivity (Wildman–Crippen MR) is 91.1 cm³/mol. The Morgan fingerprint density at radius 1 is 1.24 bits per heavy atom. The second kappa shape index (κ2) is 8.55. The molecule has 2 N–H and O–H groups in total. The topological polar surface area (TPSA) is 39.7 Å². The molecule has 0 spiro atoms. The summed E-state index contributed by atoms with van der Waals surface area (Å²) in [6.07, 6.45) is 4.86. The molecule has 1 saturated carbocycles. The van der Waals surface area contributed by atoms with E-state index >= 15 is 0 Å². The number of hydrogen-bond donors (Lipinski definition) is 2. The molecule has 1 aliphatic rings. The monoisotopic (exact) mass is 288 g/mol. The first-order chi connectivity index (χ1) is 10.3. The molecule has 0 heterocycles. The zero-order chi connectivity index (χ0) is 14.9. The van der Waals surface area contributed by atoms with Gasteiger partial charge in [-0.2, -0.15) is 0 Å². The van der Waals surface area contributed by atoms with Crippen molar-refractivity contribution in [3.63, 3.8) is 0 Å². The van der Waals surface area contributed by atoms with Gasteiger partial charge in [0, 0.05) is 38.4 Å². The van der Waals surface area contributed by atoms with Crippen LogP contribution < -0.4 is 15.5 Å². The molecule has 116 valence electrons. The first-order valence-corrected chi connectivity index (χ1v) is 8.10. The number of hydrogen-bond acceptors (Lipinski definition) is 2. The Kier molecular flexibility index (Phi) is 6.38. The number of anilines is 1. The van der Waals surface area contributed by atoms with E-state index in [0.29, 0.717) is 6.04 Å². The summed E-state index contributed by atoms with van der Waals surface area (Å²) < 4.78 is 0. The first-order valence-electron chi connectivity index (χ1n) is 8.10. The summed E-state index contributed by atoms with van der Waals surface area (Å²) >= 11 is 0. The van der Waals surface area contributed by atoms with Crippen LogP contribution in [0.5, 0.6) is 0 Å². The van der Waals surface area contributed by atoms with Gasteiger partial charge in [-0.25, -0.2) is 0 Å². The Morgan fingerprint density at radius 3 is 2.67 bits per heavy atom. The first kappa shape index (κ1) is 15.7. The number of nitrogens with zero attached hydrogens (tertiary/aromatic N) is 2. The summed E-state index contributed by atoms with van der Waals surface area (Å²) in [5, 5.41) is 6.75. The van der Waals surface area contributed by atoms with Gasteiger partial charge in [0.1, 0.15) is 0 Å². The van der Waals surface area contributed by atoms with E-state index < -0.39 is 0 Å². The quantitative estimate of drug-likeness (QED) is 0.439. The molecule has 1 fully saturated rings. The van der Waals surface area contributed by atoms with Crippen molar-refractivity contribution >= 4 is 11.6 Å². The van der Waals surface area contributed by atoms with Crippen molar-refractivity contribution in [2.45, 2.75) is 38.6 Å². The molecule has 4 nitrogen and oxygen atoms in total. The lowest BCUT2D eigenvalue weighted by Gasteiger charge is -2.18. The Labute approximate surface area is 128 Å². The Morgan fingerprint density at radius 2 is 2.00 bits per heavy atom. The highest BCUT2D eigenvalue weighted by Gasteiger charge is 2.21. The number of aliphatic imine (C=N–C) groups is 1. The maximum absolute atomic E-state index is 4.64. The number of unbranched alkanes of at least 4 members (excludes halogenated alkanes) is 1. The van der Waals surface area contributed by atoms with Crippen LogP contribution in [-0.2, 0) is 0 Å². The number of para-hydroxylation sites is 1. The lowest BCUT2D eigenvalue weighted by atomic mass is 10.2. The molecule has 4 heteroatoms. The fraction of sp³-hybridized carbons (Fsp3) is 0.588. The molecule has 2 rings (SSSR count). The van der Waals surface area contributed by atoms with Crippen LogP contribution >= 0.6 is 0 Å². The molecule has 0 bridgehead atoms. The van der Waals surface area contributed by atoms with Gasteiger partial charge >= 0.3 is 0 Å². The minimum Gasteiger partial charge on any atom is -0.375 e. The molecular weight excluding hydrogens is 260 g/mol. The molecule has 0 amide bonds. The molecule has 1 aromatic rings. The van der Waals surface area contributed by atoms with Gasteiger partial charge in [0.15, 0.2) is 5.96 Å². The number of benzene rings is 1. The van der Waals surface area contributed by atoms with Crippen LogP contribution in [0.4, 0.5) is 5.69 Å². The fourth-order valence-electron chi connectivity index (χ4n) is 2.20. The van der Waals surface area contributed by atoms with Gasteiger partial charge < -0.3 is 15.5 Å². The van der Waals surface area contributed by atoms with Crippen molar-refractivity contribution in [3.05, 3.63) is 30.3 Å². The van der Waals surface area contributed by atoms with Crippen molar-refractivity contribution in [1.29, 1.82) is 0 Å². The summed E-state index contributed by atoms with van der Waals surface area (Å²) in [5.74, 6) is 0.983. The minimum absolute atomic E-state index is 0.659. The summed E-state index contributed by atoms with van der Waals surface area (Å²) in [6, 6.07) is 11.2. The Balaban J connectivity index is 1.63. The van der Waals surface area contributed by atoms with E-state index in [9.17, 15) is 0 Å². The SMILES string of the molecule is CCNC(=NCCCCN(C)c1ccccc1)NC1CC1. The van der Waals surface area contributed by atoms with Crippen LogP contribution in [0.2, 0.25) is 0 Å². The molecule has 0 radical (unpaired) electrons. The van der Waals surface area contributed by atoms with E-state index in [1.54, 1.807) is 0 Å². The van der Waals surface area contributed by atoms with Crippen molar-refractivity contribution in [2.75, 3.05) is 31.6 Å². The molecule has 0 saturated heterocycles. The highest BCUT2D eigenvalue weighted by atomic mass is 15.2. The molecule has 0 atom stereocenters. The minimum atomic E-state index is 0.659. The van der Waals surface area contributed by atoms with Crippen molar-refractivity contribution in [2.24, 2.45) is 4.99 Å². The highest BCUT2D eigenvalue weighted by molar-refractivity contribution is 5.80. The third kappa shape index (κ3) is 6.06. The Hall–Kier alpha value is -1.71. The zero-order valence-electron chi connectivity index (χ0n) is 13.3. The van der Waals surface area contributed by atoms with E-state index in [0.717, 1.165) is 38.4 Å². The molecule has 21 heavy (non-hydrogen) atoms. The Bertz CT molecular complexity index is 426. The number of rotatable bonds is 8. The maximum Gasteiger partial charge on any atom is 0.191 e. The normalized spacial score (nSPS) is 14.9. The van der Waals surface area contributed by atoms with E-state index in [2.05, 4.69) is 64.8 Å². The largest absolute Gasteiger partial charge is 0.375 e. The van der Waals surface area contributed by atoms with Gasteiger partial charge in [-0.3, -0.25) is 4.99 Å². The lowest BCUT2D eigenvalue weighted by Crippen LogP contribution is -2.38. The average Bonchev–Trinajstić information content (AvgIpc) is 3.31. The van der Waals surface area contributed by atoms with E-state index in [4.69, 9.17) is 0 Å². The average molecular weight is 288 g/mol. The zero-order valence-corrected chi connectivity index (χ0v) is 13.3. The summed E-state index contributed by atoms with van der Waals surface area (Å²) in [7, 11) is 2.15. The van der Waals surface area contributed by atoms with Gasteiger partial charge in [-0.15, -0.1) is 0 Å². The van der Waals surface area contributed by atoms with Gasteiger partial charge in [0.25, 0.3) is 0 Å². The van der Waals surface area contributed by atoms with E-state index in [-0.39, 0.29) is 0 Å². The van der Waals surface area contributed by atoms with Crippen LogP contribution in [0.15, 0.2) is 35.3 Å². The molecule has 0 aromatic heterocycles. The highest BCUT2D eigenvalue weighted by Crippen LogP contribution is 2.18. The van der Waals surface area contributed by atoms with Gasteiger partial charge in [-0.1, -0.05) is 18.2 Å². The van der Waals surface area contributed by atoms with E-state index in [1.165, 1.54) is 18.5 Å². The molecule has 1 aliphatic carbocycles. The van der Waals surface area contributed by atoms with Crippen LogP contribution in [0, 0.1) is 0 Å². The summed E-state index contributed by atoms with van der Waals surface area (Å²) in [4.78, 5) is 6.94. The van der Waals surface area contributed by atoms with Gasteiger partial charge in [0.05, 0.1) is 0 Å². The second-order valence-corrected chi connectivity index (χ2v) is 5.64. The van der Waals surface area contributed by atoms with Crippen LogP contribution in [-0.4, -0.2) is 38.7 Å². The van der Waals surface area contributed by atoms with E-state index in [1.807, 2.05) is 0 Å². The van der Waals surface area contributed by atoms with Crippen molar-refractivity contribution in [3.8, 4) is 0 Å². The smallest absolute Gasteiger partial charge is 0.191 e. The van der Waals surface area contributed by atoms with Gasteiger partial charge in [0.2, 0.25) is 0 Å². The van der Waals surface area contributed by atoms with Crippen molar-refractivity contribution in [1.82, 2.24) is 10.6 Å². The molecule has 1 aromatic carbocycles. The standard InChI is InChI=1S/C17H28N4/c1-3-18-17(20-15-11-12-15)19-13-7-8-14-21(2)16-9-5-4-6-10-16/h4-6,9-10,15H,3,7-8,11-14H2,1-2H3,(H2,18,19,20). The number of guanidine groups is 1.